The smallest absolute Gasteiger partial charge is 0.254 e. The second-order valence-corrected chi connectivity index (χ2v) is 3.92. The number of furan rings is 1. The molecule has 1 rings (SSSR count). The zero-order valence-electron chi connectivity index (χ0n) is 9.41. The number of aryl methyl sites for hydroxylation is 1. The Balaban J connectivity index is 2.56. The fraction of sp³-hybridized carbons (Fsp3) is 0.545. The molecule has 0 saturated carbocycles. The van der Waals surface area contributed by atoms with Crippen LogP contribution in [-0.4, -0.2) is 18.5 Å². The highest BCUT2D eigenvalue weighted by molar-refractivity contribution is 5.94. The molecule has 0 aliphatic rings. The predicted molar refractivity (Wildman–Crippen MR) is 58.6 cm³/mol. The van der Waals surface area contributed by atoms with Gasteiger partial charge in [0, 0.05) is 6.04 Å². The lowest BCUT2D eigenvalue weighted by Gasteiger charge is -2.19. The van der Waals surface area contributed by atoms with Gasteiger partial charge in [0.05, 0.1) is 5.56 Å². The van der Waals surface area contributed by atoms with E-state index in [9.17, 15) is 4.79 Å². The molecule has 4 nitrogen and oxygen atoms in total. The average molecular weight is 210 g/mol. The third-order valence-electron chi connectivity index (χ3n) is 2.58. The maximum absolute atomic E-state index is 11.7. The number of hydrogen-bond acceptors (Lipinski definition) is 3. The maximum atomic E-state index is 11.7. The van der Waals surface area contributed by atoms with Gasteiger partial charge in [-0.2, -0.15) is 0 Å². The highest BCUT2D eigenvalue weighted by Crippen LogP contribution is 2.07. The second-order valence-electron chi connectivity index (χ2n) is 3.92. The number of nitrogens with one attached hydrogen (secondary N) is 1. The maximum Gasteiger partial charge on any atom is 0.254 e. The first kappa shape index (κ1) is 11.8. The van der Waals surface area contributed by atoms with E-state index in [4.69, 9.17) is 10.2 Å². The van der Waals surface area contributed by atoms with Crippen molar-refractivity contribution in [2.24, 2.45) is 11.7 Å². The standard InChI is InChI=1S/C11H18N2O2/c1-7(5-12)9(3)13-11(14)10-4-8(2)15-6-10/h4,6-7,9H,5,12H2,1-3H3,(H,13,14). The molecule has 0 bridgehead atoms. The van der Waals surface area contributed by atoms with Crippen LogP contribution in [0.4, 0.5) is 0 Å². The Morgan fingerprint density at radius 1 is 1.60 bits per heavy atom. The van der Waals surface area contributed by atoms with Gasteiger partial charge < -0.3 is 15.5 Å². The molecular weight excluding hydrogens is 192 g/mol. The first-order valence-corrected chi connectivity index (χ1v) is 5.10. The molecule has 0 radical (unpaired) electrons. The summed E-state index contributed by atoms with van der Waals surface area (Å²) in [5, 5.41) is 2.88. The SMILES string of the molecule is Cc1cc(C(=O)NC(C)C(C)CN)co1. The van der Waals surface area contributed by atoms with Crippen LogP contribution in [0.2, 0.25) is 0 Å². The van der Waals surface area contributed by atoms with Crippen molar-refractivity contribution in [2.75, 3.05) is 6.54 Å². The number of amides is 1. The number of carbonyl (C=O) groups excluding carboxylic acids is 1. The molecule has 2 unspecified atom stereocenters. The molecule has 0 aliphatic heterocycles. The van der Waals surface area contributed by atoms with E-state index in [2.05, 4.69) is 5.32 Å². The van der Waals surface area contributed by atoms with E-state index in [1.165, 1.54) is 6.26 Å². The monoisotopic (exact) mass is 210 g/mol. The molecule has 84 valence electrons. The van der Waals surface area contributed by atoms with Gasteiger partial charge in [0.2, 0.25) is 0 Å². The van der Waals surface area contributed by atoms with E-state index < -0.39 is 0 Å². The van der Waals surface area contributed by atoms with Crippen LogP contribution in [0, 0.1) is 12.8 Å². The molecule has 1 amide bonds. The number of nitrogens with two attached hydrogens (primary N) is 1. The van der Waals surface area contributed by atoms with Crippen molar-refractivity contribution < 1.29 is 9.21 Å². The molecule has 1 aromatic rings. The van der Waals surface area contributed by atoms with Crippen molar-refractivity contribution >= 4 is 5.91 Å². The molecule has 0 saturated heterocycles. The number of rotatable bonds is 4. The van der Waals surface area contributed by atoms with Crippen LogP contribution in [0.5, 0.6) is 0 Å². The normalized spacial score (nSPS) is 14.7. The summed E-state index contributed by atoms with van der Waals surface area (Å²) in [4.78, 5) is 11.7. The van der Waals surface area contributed by atoms with Crippen LogP contribution < -0.4 is 11.1 Å². The van der Waals surface area contributed by atoms with E-state index in [0.29, 0.717) is 12.1 Å². The zero-order chi connectivity index (χ0) is 11.4. The van der Waals surface area contributed by atoms with Gasteiger partial charge in [-0.05, 0) is 32.4 Å². The van der Waals surface area contributed by atoms with E-state index in [1.54, 1.807) is 6.07 Å². The summed E-state index contributed by atoms with van der Waals surface area (Å²) in [5.41, 5.74) is 6.08. The van der Waals surface area contributed by atoms with Crippen molar-refractivity contribution in [2.45, 2.75) is 26.8 Å². The summed E-state index contributed by atoms with van der Waals surface area (Å²) in [6.07, 6.45) is 1.46. The average Bonchev–Trinajstić information content (AvgIpc) is 2.63. The van der Waals surface area contributed by atoms with Crippen molar-refractivity contribution in [3.05, 3.63) is 23.7 Å². The van der Waals surface area contributed by atoms with Gasteiger partial charge >= 0.3 is 0 Å². The van der Waals surface area contributed by atoms with E-state index in [1.807, 2.05) is 20.8 Å². The van der Waals surface area contributed by atoms with Gasteiger partial charge in [-0.25, -0.2) is 0 Å². The van der Waals surface area contributed by atoms with Gasteiger partial charge in [-0.3, -0.25) is 4.79 Å². The Kier molecular flexibility index (Phi) is 3.91. The lowest BCUT2D eigenvalue weighted by atomic mass is 10.0. The molecule has 0 aliphatic carbocycles. The Morgan fingerprint density at radius 2 is 2.27 bits per heavy atom. The minimum atomic E-state index is -0.111. The summed E-state index contributed by atoms with van der Waals surface area (Å²) in [5.74, 6) is 0.890. The summed E-state index contributed by atoms with van der Waals surface area (Å²) in [6, 6.07) is 1.78. The van der Waals surface area contributed by atoms with Gasteiger partial charge in [0.25, 0.3) is 5.91 Å². The van der Waals surface area contributed by atoms with E-state index in [0.717, 1.165) is 5.76 Å². The lowest BCUT2D eigenvalue weighted by molar-refractivity contribution is 0.0929. The minimum absolute atomic E-state index is 0.0673. The highest BCUT2D eigenvalue weighted by Gasteiger charge is 2.15. The Morgan fingerprint density at radius 3 is 2.73 bits per heavy atom. The molecular formula is C11H18N2O2. The molecule has 1 aromatic heterocycles. The molecule has 3 N–H and O–H groups in total. The van der Waals surface area contributed by atoms with Crippen LogP contribution >= 0.6 is 0 Å². The van der Waals surface area contributed by atoms with Gasteiger partial charge in [0.15, 0.2) is 0 Å². The highest BCUT2D eigenvalue weighted by atomic mass is 16.3. The second kappa shape index (κ2) is 4.98. The van der Waals surface area contributed by atoms with Crippen LogP contribution in [0.25, 0.3) is 0 Å². The van der Waals surface area contributed by atoms with Gasteiger partial charge in [-0.1, -0.05) is 6.92 Å². The van der Waals surface area contributed by atoms with Crippen LogP contribution in [0.3, 0.4) is 0 Å². The zero-order valence-corrected chi connectivity index (χ0v) is 9.41. The molecule has 2 atom stereocenters. The largest absolute Gasteiger partial charge is 0.469 e. The molecule has 1 heterocycles. The van der Waals surface area contributed by atoms with Crippen LogP contribution in [0.1, 0.15) is 30.0 Å². The van der Waals surface area contributed by atoms with Gasteiger partial charge in [0.1, 0.15) is 12.0 Å². The molecule has 0 aromatic carbocycles. The summed E-state index contributed by atoms with van der Waals surface area (Å²) in [6.45, 7) is 6.32. The van der Waals surface area contributed by atoms with E-state index >= 15 is 0 Å². The van der Waals surface area contributed by atoms with Crippen molar-refractivity contribution in [3.8, 4) is 0 Å². The summed E-state index contributed by atoms with van der Waals surface area (Å²) >= 11 is 0. The fourth-order valence-corrected chi connectivity index (χ4v) is 1.20. The van der Waals surface area contributed by atoms with Crippen molar-refractivity contribution in [3.63, 3.8) is 0 Å². The summed E-state index contributed by atoms with van der Waals surface area (Å²) < 4.78 is 5.07. The predicted octanol–water partition coefficient (Wildman–Crippen LogP) is 1.30. The Bertz CT molecular complexity index is 333. The van der Waals surface area contributed by atoms with Crippen LogP contribution in [-0.2, 0) is 0 Å². The number of carbonyl (C=O) groups is 1. The fourth-order valence-electron chi connectivity index (χ4n) is 1.20. The van der Waals surface area contributed by atoms with Crippen molar-refractivity contribution in [1.82, 2.24) is 5.32 Å². The molecule has 4 heteroatoms. The van der Waals surface area contributed by atoms with Crippen molar-refractivity contribution in [1.29, 1.82) is 0 Å². The van der Waals surface area contributed by atoms with E-state index in [-0.39, 0.29) is 17.9 Å². The minimum Gasteiger partial charge on any atom is -0.469 e. The van der Waals surface area contributed by atoms with Gasteiger partial charge in [-0.15, -0.1) is 0 Å². The first-order valence-electron chi connectivity index (χ1n) is 5.10. The summed E-state index contributed by atoms with van der Waals surface area (Å²) in [7, 11) is 0. The molecule has 0 spiro atoms. The van der Waals surface area contributed by atoms with Crippen LogP contribution in [0.15, 0.2) is 16.7 Å². The third kappa shape index (κ3) is 3.09. The first-order chi connectivity index (χ1) is 7.04. The lowest BCUT2D eigenvalue weighted by Crippen LogP contribution is -2.39. The molecule has 0 fully saturated rings. The molecule has 15 heavy (non-hydrogen) atoms. The quantitative estimate of drug-likeness (QED) is 0.787. The topological polar surface area (TPSA) is 68.3 Å². The third-order valence-corrected chi connectivity index (χ3v) is 2.58. The Labute approximate surface area is 89.8 Å². The number of hydrogen-bond donors (Lipinski definition) is 2. The Hall–Kier alpha value is -1.29.